The van der Waals surface area contributed by atoms with Crippen molar-refractivity contribution in [3.05, 3.63) is 48.0 Å². The number of thioether (sulfide) groups is 1. The lowest BCUT2D eigenvalue weighted by Crippen LogP contribution is -2.39. The number of ether oxygens (including phenoxy) is 2. The molecule has 0 saturated heterocycles. The van der Waals surface area contributed by atoms with Gasteiger partial charge < -0.3 is 14.6 Å². The van der Waals surface area contributed by atoms with Crippen LogP contribution in [0.2, 0.25) is 0 Å². The van der Waals surface area contributed by atoms with Gasteiger partial charge in [0.1, 0.15) is 17.6 Å². The second-order valence-corrected chi connectivity index (χ2v) is 10.4. The molecule has 0 saturated carbocycles. The van der Waals surface area contributed by atoms with Crippen molar-refractivity contribution in [2.24, 2.45) is 0 Å². The molecule has 0 aromatic heterocycles. The average Bonchev–Trinajstić information content (AvgIpc) is 2.72. The molecule has 0 aliphatic heterocycles. The second-order valence-electron chi connectivity index (χ2n) is 7.42. The molecule has 0 unspecified atom stereocenters. The maximum atomic E-state index is 13.1. The van der Waals surface area contributed by atoms with Crippen LogP contribution in [0.4, 0.5) is 13.2 Å². The summed E-state index contributed by atoms with van der Waals surface area (Å²) >= 11 is 1.19. The van der Waals surface area contributed by atoms with Crippen LogP contribution >= 0.6 is 11.8 Å². The van der Waals surface area contributed by atoms with Crippen LogP contribution < -0.4 is 9.47 Å². The Labute approximate surface area is 200 Å². The Balaban J connectivity index is 2.11. The highest BCUT2D eigenvalue weighted by Crippen LogP contribution is 2.28. The van der Waals surface area contributed by atoms with Gasteiger partial charge in [0.15, 0.2) is 0 Å². The highest BCUT2D eigenvalue weighted by molar-refractivity contribution is 8.00. The van der Waals surface area contributed by atoms with Crippen LogP contribution in [0, 0.1) is 6.92 Å². The number of halogens is 3. The summed E-state index contributed by atoms with van der Waals surface area (Å²) in [5.41, 5.74) is 0.829. The van der Waals surface area contributed by atoms with Gasteiger partial charge in [0.05, 0.1) is 17.2 Å². The zero-order valence-corrected chi connectivity index (χ0v) is 20.5. The van der Waals surface area contributed by atoms with Crippen molar-refractivity contribution in [3.8, 4) is 11.5 Å². The van der Waals surface area contributed by atoms with Gasteiger partial charge in [0, 0.05) is 11.4 Å². The summed E-state index contributed by atoms with van der Waals surface area (Å²) in [5, 5.41) is 8.82. The fourth-order valence-electron chi connectivity index (χ4n) is 3.07. The van der Waals surface area contributed by atoms with Gasteiger partial charge in [-0.05, 0) is 68.3 Å². The molecule has 0 bridgehead atoms. The fraction of sp³-hybridized carbons (Fsp3) is 0.409. The van der Waals surface area contributed by atoms with Gasteiger partial charge in [-0.25, -0.2) is 8.42 Å². The van der Waals surface area contributed by atoms with E-state index >= 15 is 0 Å². The zero-order valence-electron chi connectivity index (χ0n) is 18.8. The molecular weight excluding hydrogens is 495 g/mol. The van der Waals surface area contributed by atoms with Crippen molar-refractivity contribution in [2.45, 2.75) is 49.4 Å². The first kappa shape index (κ1) is 27.8. The molecule has 1 N–H and O–H groups in total. The van der Waals surface area contributed by atoms with Gasteiger partial charge in [-0.15, -0.1) is 24.9 Å². The van der Waals surface area contributed by atoms with Crippen LogP contribution in [0.1, 0.15) is 25.8 Å². The van der Waals surface area contributed by atoms with Crippen LogP contribution in [0.3, 0.4) is 0 Å². The van der Waals surface area contributed by atoms with Crippen molar-refractivity contribution in [2.75, 3.05) is 18.8 Å². The number of carboxylic acids is 1. The number of benzene rings is 2. The van der Waals surface area contributed by atoms with Gasteiger partial charge in [0.2, 0.25) is 10.0 Å². The minimum atomic E-state index is -4.87. The Morgan fingerprint density at radius 1 is 1.15 bits per heavy atom. The lowest BCUT2D eigenvalue weighted by atomic mass is 10.2. The number of aliphatic carboxylic acids is 1. The summed E-state index contributed by atoms with van der Waals surface area (Å²) in [4.78, 5) is 11.4. The van der Waals surface area contributed by atoms with Crippen molar-refractivity contribution < 1.29 is 41.0 Å². The van der Waals surface area contributed by atoms with E-state index in [1.54, 1.807) is 25.1 Å². The molecule has 2 aromatic carbocycles. The number of hydrogen-bond acceptors (Lipinski definition) is 6. The SMILES string of the molecule is CCCN(C[C@@H](C)Oc1ccc(SCC(=O)O)c(C)c1)S(=O)(=O)c1ccc(OC(F)(F)F)cc1. The molecule has 34 heavy (non-hydrogen) atoms. The summed E-state index contributed by atoms with van der Waals surface area (Å²) in [5.74, 6) is -0.985. The molecule has 7 nitrogen and oxygen atoms in total. The van der Waals surface area contributed by atoms with E-state index in [1.807, 2.05) is 13.8 Å². The number of aryl methyl sites for hydroxylation is 1. The van der Waals surface area contributed by atoms with E-state index in [1.165, 1.54) is 16.1 Å². The van der Waals surface area contributed by atoms with Gasteiger partial charge in [0.25, 0.3) is 0 Å². The molecule has 0 spiro atoms. The van der Waals surface area contributed by atoms with Gasteiger partial charge >= 0.3 is 12.3 Å². The van der Waals surface area contributed by atoms with Crippen LogP contribution in [-0.2, 0) is 14.8 Å². The normalized spacial score (nSPS) is 13.0. The van der Waals surface area contributed by atoms with Crippen LogP contribution in [0.25, 0.3) is 0 Å². The maximum Gasteiger partial charge on any atom is 0.573 e. The number of carbonyl (C=O) groups is 1. The maximum absolute atomic E-state index is 13.1. The first-order valence-electron chi connectivity index (χ1n) is 10.3. The Hall–Kier alpha value is -2.44. The Kier molecular flexibility index (Phi) is 9.65. The largest absolute Gasteiger partial charge is 0.573 e. The molecule has 0 heterocycles. The van der Waals surface area contributed by atoms with Gasteiger partial charge in [-0.2, -0.15) is 4.31 Å². The number of alkyl halides is 3. The number of sulfonamides is 1. The minimum absolute atomic E-state index is 0.0194. The first-order chi connectivity index (χ1) is 15.8. The van der Waals surface area contributed by atoms with Gasteiger partial charge in [-0.3, -0.25) is 4.79 Å². The molecule has 0 aliphatic carbocycles. The molecule has 0 fully saturated rings. The molecule has 0 aliphatic rings. The summed E-state index contributed by atoms with van der Waals surface area (Å²) < 4.78 is 74.1. The summed E-state index contributed by atoms with van der Waals surface area (Å²) in [7, 11) is -3.98. The third-order valence-corrected chi connectivity index (χ3v) is 7.50. The topological polar surface area (TPSA) is 93.1 Å². The second kappa shape index (κ2) is 11.8. The monoisotopic (exact) mass is 521 g/mol. The van der Waals surface area contributed by atoms with E-state index in [2.05, 4.69) is 4.74 Å². The van der Waals surface area contributed by atoms with E-state index in [4.69, 9.17) is 9.84 Å². The molecule has 1 atom stereocenters. The lowest BCUT2D eigenvalue weighted by molar-refractivity contribution is -0.274. The summed E-state index contributed by atoms with van der Waals surface area (Å²) in [6.07, 6.45) is -4.88. The first-order valence-corrected chi connectivity index (χ1v) is 12.7. The molecule has 188 valence electrons. The molecule has 0 radical (unpaired) electrons. The summed E-state index contributed by atoms with van der Waals surface area (Å²) in [6, 6.07) is 9.23. The highest BCUT2D eigenvalue weighted by Gasteiger charge is 2.31. The third-order valence-electron chi connectivity index (χ3n) is 4.46. The number of rotatable bonds is 12. The van der Waals surface area contributed by atoms with E-state index in [0.717, 1.165) is 34.7 Å². The van der Waals surface area contributed by atoms with Crippen molar-refractivity contribution in [3.63, 3.8) is 0 Å². The quantitative estimate of drug-likeness (QED) is 0.396. The van der Waals surface area contributed by atoms with E-state index < -0.39 is 34.2 Å². The Bertz CT molecular complexity index is 1080. The Morgan fingerprint density at radius 3 is 2.29 bits per heavy atom. The smallest absolute Gasteiger partial charge is 0.489 e. The van der Waals surface area contributed by atoms with Gasteiger partial charge in [-0.1, -0.05) is 6.92 Å². The standard InChI is InChI=1S/C22H26F3NO6S2/c1-4-11-26(34(29,30)19-8-5-17(6-9-19)32-22(23,24)25)13-16(3)31-18-7-10-20(15(2)12-18)33-14-21(27)28/h5-10,12,16H,4,11,13-14H2,1-3H3,(H,27,28)/t16-/m1/s1. The lowest BCUT2D eigenvalue weighted by Gasteiger charge is -2.26. The summed E-state index contributed by atoms with van der Waals surface area (Å²) in [6.45, 7) is 5.56. The van der Waals surface area contributed by atoms with Crippen LogP contribution in [-0.4, -0.2) is 55.1 Å². The molecule has 2 rings (SSSR count). The average molecular weight is 522 g/mol. The number of nitrogens with zero attached hydrogens (tertiary/aromatic N) is 1. The number of carboxylic acid groups (broad SMARTS) is 1. The van der Waals surface area contributed by atoms with E-state index in [9.17, 15) is 26.4 Å². The number of hydrogen-bond donors (Lipinski definition) is 1. The molecule has 12 heteroatoms. The van der Waals surface area contributed by atoms with E-state index in [0.29, 0.717) is 12.2 Å². The third kappa shape index (κ3) is 8.41. The molecular formula is C22H26F3NO6S2. The van der Waals surface area contributed by atoms with Crippen LogP contribution in [0.15, 0.2) is 52.3 Å². The predicted octanol–water partition coefficient (Wildman–Crippen LogP) is 4.94. The molecule has 0 amide bonds. The van der Waals surface area contributed by atoms with Crippen molar-refractivity contribution >= 4 is 27.8 Å². The Morgan fingerprint density at radius 2 is 1.76 bits per heavy atom. The molecule has 2 aromatic rings. The van der Waals surface area contributed by atoms with E-state index in [-0.39, 0.29) is 23.7 Å². The zero-order chi connectivity index (χ0) is 25.5. The van der Waals surface area contributed by atoms with Crippen LogP contribution in [0.5, 0.6) is 11.5 Å². The minimum Gasteiger partial charge on any atom is -0.489 e. The predicted molar refractivity (Wildman–Crippen MR) is 122 cm³/mol. The fourth-order valence-corrected chi connectivity index (χ4v) is 5.41. The van der Waals surface area contributed by atoms with Crippen molar-refractivity contribution in [1.29, 1.82) is 0 Å². The van der Waals surface area contributed by atoms with Crippen molar-refractivity contribution in [1.82, 2.24) is 4.31 Å². The highest BCUT2D eigenvalue weighted by atomic mass is 32.2.